The Kier molecular flexibility index (Phi) is 7.89. The van der Waals surface area contributed by atoms with Crippen LogP contribution in [0.4, 0.5) is 23.8 Å². The van der Waals surface area contributed by atoms with E-state index < -0.39 is 38.4 Å². The fourth-order valence-electron chi connectivity index (χ4n) is 3.13. The molecule has 0 saturated carbocycles. The van der Waals surface area contributed by atoms with Gasteiger partial charge in [0.25, 0.3) is 5.91 Å². The number of aromatic nitrogens is 1. The molecule has 1 aromatic carbocycles. The van der Waals surface area contributed by atoms with E-state index in [1.54, 1.807) is 0 Å². The van der Waals surface area contributed by atoms with Crippen molar-refractivity contribution in [3.8, 4) is 5.75 Å². The van der Waals surface area contributed by atoms with E-state index in [0.717, 1.165) is 17.0 Å². The minimum absolute atomic E-state index is 0.0623. The minimum atomic E-state index is -4.57. The molecule has 34 heavy (non-hydrogen) atoms. The van der Waals surface area contributed by atoms with E-state index in [1.807, 2.05) is 0 Å². The molecule has 0 unspecified atom stereocenters. The maximum atomic E-state index is 13.2. The lowest BCUT2D eigenvalue weighted by Crippen LogP contribution is -2.35. The largest absolute Gasteiger partial charge is 0.487 e. The molecule has 0 N–H and O–H groups in total. The average molecular weight is 516 g/mol. The molecule has 2 aromatic rings. The molecule has 3 rings (SSSR count). The summed E-state index contributed by atoms with van der Waals surface area (Å²) in [6, 6.07) is 6.78. The topological polar surface area (TPSA) is 72.0 Å². The van der Waals surface area contributed by atoms with Crippen molar-refractivity contribution in [3.63, 3.8) is 0 Å². The number of benzene rings is 1. The van der Waals surface area contributed by atoms with Gasteiger partial charge < -0.3 is 9.47 Å². The molecule has 184 valence electrons. The van der Waals surface area contributed by atoms with E-state index in [2.05, 4.69) is 24.6 Å². The summed E-state index contributed by atoms with van der Waals surface area (Å²) in [5, 5.41) is -0.0623. The molecular weight excluding hydrogens is 491 g/mol. The standard InChI is InChI=1S/C22H25ClF3N3O4Si/c1-34(2,3)10-9-32-14-29-20(30)12-28(21(29)31)19-8-7-15(11-27-19)33-13-16-17(22(24,25)26)5-4-6-18(16)23/h4-8,11H,9-10,12-14H2,1-3H3. The van der Waals surface area contributed by atoms with E-state index in [1.165, 1.54) is 35.4 Å². The number of imide groups is 1. The molecule has 0 radical (unpaired) electrons. The zero-order valence-electron chi connectivity index (χ0n) is 19.0. The van der Waals surface area contributed by atoms with Crippen LogP contribution in [0.15, 0.2) is 36.5 Å². The summed E-state index contributed by atoms with van der Waals surface area (Å²) in [4.78, 5) is 31.2. The van der Waals surface area contributed by atoms with Crippen LogP contribution in [-0.4, -0.2) is 49.8 Å². The maximum Gasteiger partial charge on any atom is 0.416 e. The smallest absolute Gasteiger partial charge is 0.416 e. The fraction of sp³-hybridized carbons (Fsp3) is 0.409. The number of hydrogen-bond acceptors (Lipinski definition) is 5. The highest BCUT2D eigenvalue weighted by Crippen LogP contribution is 2.35. The van der Waals surface area contributed by atoms with Crippen molar-refractivity contribution in [1.82, 2.24) is 9.88 Å². The second-order valence-corrected chi connectivity index (χ2v) is 15.0. The first-order chi connectivity index (χ1) is 15.9. The SMILES string of the molecule is C[Si](C)(C)CCOCN1C(=O)CN(c2ccc(OCc3c(Cl)cccc3C(F)(F)F)cn2)C1=O. The third-order valence-electron chi connectivity index (χ3n) is 5.08. The number of nitrogens with zero attached hydrogens (tertiary/aromatic N) is 3. The van der Waals surface area contributed by atoms with Gasteiger partial charge in [0.15, 0.2) is 0 Å². The van der Waals surface area contributed by atoms with Gasteiger partial charge in [-0.1, -0.05) is 37.3 Å². The van der Waals surface area contributed by atoms with Gasteiger partial charge in [-0.25, -0.2) is 14.7 Å². The Morgan fingerprint density at radius 1 is 1.15 bits per heavy atom. The first-order valence-electron chi connectivity index (χ1n) is 10.5. The Morgan fingerprint density at radius 2 is 1.88 bits per heavy atom. The molecule has 0 spiro atoms. The Morgan fingerprint density at radius 3 is 2.50 bits per heavy atom. The summed E-state index contributed by atoms with van der Waals surface area (Å²) >= 11 is 5.94. The van der Waals surface area contributed by atoms with E-state index in [0.29, 0.717) is 6.61 Å². The zero-order chi connectivity index (χ0) is 25.1. The number of carbonyl (C=O) groups is 2. The number of hydrogen-bond donors (Lipinski definition) is 0. The van der Waals surface area contributed by atoms with Crippen molar-refractivity contribution in [2.45, 2.75) is 38.5 Å². The molecule has 7 nitrogen and oxygen atoms in total. The first kappa shape index (κ1) is 26.0. The average Bonchev–Trinajstić information content (AvgIpc) is 3.03. The predicted octanol–water partition coefficient (Wildman–Crippen LogP) is 5.41. The highest BCUT2D eigenvalue weighted by Gasteiger charge is 2.38. The number of rotatable bonds is 9. The zero-order valence-corrected chi connectivity index (χ0v) is 20.7. The third kappa shape index (κ3) is 6.48. The van der Waals surface area contributed by atoms with Gasteiger partial charge in [-0.15, -0.1) is 0 Å². The third-order valence-corrected chi connectivity index (χ3v) is 7.14. The van der Waals surface area contributed by atoms with Crippen LogP contribution >= 0.6 is 11.6 Å². The molecule has 0 aliphatic carbocycles. The molecule has 3 amide bonds. The molecule has 1 fully saturated rings. The molecule has 1 aromatic heterocycles. The summed E-state index contributed by atoms with van der Waals surface area (Å²) in [6.07, 6.45) is -3.30. The molecule has 1 saturated heterocycles. The van der Waals surface area contributed by atoms with Crippen LogP contribution < -0.4 is 9.64 Å². The van der Waals surface area contributed by atoms with E-state index in [-0.39, 0.29) is 35.4 Å². The Labute approximate surface area is 201 Å². The molecule has 12 heteroatoms. The van der Waals surface area contributed by atoms with Gasteiger partial charge in [0.2, 0.25) is 0 Å². The van der Waals surface area contributed by atoms with Crippen LogP contribution in [0.2, 0.25) is 30.7 Å². The van der Waals surface area contributed by atoms with Gasteiger partial charge in [-0.05, 0) is 30.3 Å². The normalized spacial score (nSPS) is 14.8. The van der Waals surface area contributed by atoms with E-state index in [9.17, 15) is 22.8 Å². The van der Waals surface area contributed by atoms with Crippen LogP contribution in [0.1, 0.15) is 11.1 Å². The van der Waals surface area contributed by atoms with Gasteiger partial charge in [0, 0.05) is 25.3 Å². The molecule has 0 bridgehead atoms. The van der Waals surface area contributed by atoms with Gasteiger partial charge in [-0.3, -0.25) is 9.69 Å². The van der Waals surface area contributed by atoms with E-state index in [4.69, 9.17) is 21.1 Å². The summed E-state index contributed by atoms with van der Waals surface area (Å²) in [6.45, 7) is 6.35. The number of anilines is 1. The molecule has 1 aliphatic heterocycles. The van der Waals surface area contributed by atoms with Crippen LogP contribution in [0, 0.1) is 0 Å². The molecule has 2 heterocycles. The Hall–Kier alpha value is -2.63. The summed E-state index contributed by atoms with van der Waals surface area (Å²) < 4.78 is 50.6. The van der Waals surface area contributed by atoms with Crippen molar-refractivity contribution >= 4 is 37.4 Å². The monoisotopic (exact) mass is 515 g/mol. The number of urea groups is 1. The van der Waals surface area contributed by atoms with Gasteiger partial charge in [-0.2, -0.15) is 13.2 Å². The van der Waals surface area contributed by atoms with Crippen molar-refractivity contribution in [1.29, 1.82) is 0 Å². The maximum absolute atomic E-state index is 13.2. The van der Waals surface area contributed by atoms with Gasteiger partial charge in [0.1, 0.15) is 31.4 Å². The first-order valence-corrected chi connectivity index (χ1v) is 14.6. The highest BCUT2D eigenvalue weighted by atomic mass is 35.5. The van der Waals surface area contributed by atoms with Crippen molar-refractivity contribution in [3.05, 3.63) is 52.7 Å². The highest BCUT2D eigenvalue weighted by molar-refractivity contribution is 6.76. The van der Waals surface area contributed by atoms with Crippen molar-refractivity contribution < 1.29 is 32.2 Å². The Bertz CT molecular complexity index is 1050. The number of carbonyl (C=O) groups excluding carboxylic acids is 2. The summed E-state index contributed by atoms with van der Waals surface area (Å²) in [5.41, 5.74) is -1.07. The number of alkyl halides is 3. The Balaban J connectivity index is 1.61. The lowest BCUT2D eigenvalue weighted by atomic mass is 10.1. The van der Waals surface area contributed by atoms with Crippen molar-refractivity contribution in [2.24, 2.45) is 0 Å². The van der Waals surface area contributed by atoms with Gasteiger partial charge in [0.05, 0.1) is 11.8 Å². The fourth-order valence-corrected chi connectivity index (χ4v) is 4.11. The van der Waals surface area contributed by atoms with Crippen LogP contribution in [0.25, 0.3) is 0 Å². The molecule has 0 atom stereocenters. The quantitative estimate of drug-likeness (QED) is 0.253. The number of pyridine rings is 1. The van der Waals surface area contributed by atoms with Crippen LogP contribution in [-0.2, 0) is 22.3 Å². The number of halogens is 4. The van der Waals surface area contributed by atoms with Gasteiger partial charge >= 0.3 is 12.2 Å². The molecule has 1 aliphatic rings. The number of ether oxygens (including phenoxy) is 2. The minimum Gasteiger partial charge on any atom is -0.487 e. The van der Waals surface area contributed by atoms with Crippen LogP contribution in [0.5, 0.6) is 5.75 Å². The van der Waals surface area contributed by atoms with Crippen LogP contribution in [0.3, 0.4) is 0 Å². The summed E-state index contributed by atoms with van der Waals surface area (Å²) in [5.74, 6) is -0.0103. The molecular formula is C22H25ClF3N3O4Si. The lowest BCUT2D eigenvalue weighted by Gasteiger charge is -2.19. The van der Waals surface area contributed by atoms with E-state index >= 15 is 0 Å². The second-order valence-electron chi connectivity index (χ2n) is 8.94. The van der Waals surface area contributed by atoms with Crippen molar-refractivity contribution in [2.75, 3.05) is 24.8 Å². The lowest BCUT2D eigenvalue weighted by molar-refractivity contribution is -0.138. The predicted molar refractivity (Wildman–Crippen MR) is 124 cm³/mol. The number of amides is 3. The second kappa shape index (κ2) is 10.3. The summed E-state index contributed by atoms with van der Waals surface area (Å²) in [7, 11) is -1.29.